The summed E-state index contributed by atoms with van der Waals surface area (Å²) in [5, 5.41) is 21.0. The van der Waals surface area contributed by atoms with Gasteiger partial charge in [0.05, 0.1) is 23.8 Å². The fourth-order valence-electron chi connectivity index (χ4n) is 6.15. The highest BCUT2D eigenvalue weighted by molar-refractivity contribution is 7.99. The van der Waals surface area contributed by atoms with Crippen molar-refractivity contribution in [1.29, 1.82) is 10.5 Å². The van der Waals surface area contributed by atoms with Gasteiger partial charge in [0.1, 0.15) is 29.0 Å². The van der Waals surface area contributed by atoms with Crippen molar-refractivity contribution in [1.82, 2.24) is 9.80 Å². The van der Waals surface area contributed by atoms with E-state index >= 15 is 0 Å². The van der Waals surface area contributed by atoms with E-state index in [2.05, 4.69) is 99.6 Å². The molecular weight excluding hydrogens is 566 g/mol. The Bertz CT molecular complexity index is 1280. The molecule has 0 aromatic heterocycles. The molecular formula is C36H53N5O2S. The predicted molar refractivity (Wildman–Crippen MR) is 183 cm³/mol. The van der Waals surface area contributed by atoms with Crippen LogP contribution in [0.15, 0.2) is 34.1 Å². The average molecular weight is 620 g/mol. The third-order valence-corrected chi connectivity index (χ3v) is 10.0. The fourth-order valence-corrected chi connectivity index (χ4v) is 7.35. The van der Waals surface area contributed by atoms with Crippen LogP contribution in [0.25, 0.3) is 0 Å². The summed E-state index contributed by atoms with van der Waals surface area (Å²) in [6, 6.07) is 13.8. The van der Waals surface area contributed by atoms with E-state index in [-0.39, 0.29) is 11.1 Å². The Kier molecular flexibility index (Phi) is 14.7. The number of nitrogens with zero attached hydrogens (tertiary/aromatic N) is 5. The zero-order chi connectivity index (χ0) is 32.1. The second-order valence-electron chi connectivity index (χ2n) is 11.5. The van der Waals surface area contributed by atoms with Crippen LogP contribution in [0.3, 0.4) is 0 Å². The molecule has 0 fully saturated rings. The number of hydrogen-bond donors (Lipinski definition) is 0. The first-order chi connectivity index (χ1) is 21.4. The van der Waals surface area contributed by atoms with Crippen LogP contribution in [0, 0.1) is 22.7 Å². The summed E-state index contributed by atoms with van der Waals surface area (Å²) >= 11 is 1.62. The van der Waals surface area contributed by atoms with Gasteiger partial charge in [-0.05, 0) is 71.4 Å². The lowest BCUT2D eigenvalue weighted by Gasteiger charge is -2.36. The van der Waals surface area contributed by atoms with Crippen molar-refractivity contribution in [2.24, 2.45) is 0 Å². The minimum atomic E-state index is 0.270. The maximum absolute atomic E-state index is 10.5. The van der Waals surface area contributed by atoms with Gasteiger partial charge in [0.15, 0.2) is 11.5 Å². The van der Waals surface area contributed by atoms with Gasteiger partial charge in [0, 0.05) is 23.5 Å². The molecule has 44 heavy (non-hydrogen) atoms. The molecule has 0 saturated heterocycles. The van der Waals surface area contributed by atoms with Crippen LogP contribution in [0.5, 0.6) is 11.5 Å². The molecule has 0 saturated carbocycles. The summed E-state index contributed by atoms with van der Waals surface area (Å²) in [6.07, 6.45) is 6.14. The van der Waals surface area contributed by atoms with E-state index in [1.54, 1.807) is 11.8 Å². The summed E-state index contributed by atoms with van der Waals surface area (Å²) in [4.78, 5) is 9.12. The fraction of sp³-hybridized carbons (Fsp3) is 0.611. The molecule has 2 atom stereocenters. The van der Waals surface area contributed by atoms with Gasteiger partial charge >= 0.3 is 0 Å². The van der Waals surface area contributed by atoms with Crippen LogP contribution >= 0.6 is 11.8 Å². The molecule has 1 heterocycles. The standard InChI is InChI=1S/C36H53N5O2S/c1-8-13-14-17-22-41-31-18-15-16-19-32(31)44-36-33(41)34(42-23-20-27(6)39(9-2)10-3)29(25-37)30(26-38)35(36)43-24-21-28(7)40(11-4)12-5/h15-16,18-19,27-28H,8-14,17,20-24H2,1-7H3. The van der Waals surface area contributed by atoms with Crippen LogP contribution in [-0.4, -0.2) is 67.8 Å². The van der Waals surface area contributed by atoms with Crippen molar-refractivity contribution in [2.45, 2.75) is 109 Å². The van der Waals surface area contributed by atoms with Crippen LogP contribution in [-0.2, 0) is 0 Å². The first kappa shape index (κ1) is 35.6. The van der Waals surface area contributed by atoms with Crippen molar-refractivity contribution >= 4 is 23.1 Å². The first-order valence-corrected chi connectivity index (χ1v) is 17.5. The van der Waals surface area contributed by atoms with Crippen LogP contribution in [0.4, 0.5) is 11.4 Å². The molecule has 0 bridgehead atoms. The van der Waals surface area contributed by atoms with E-state index < -0.39 is 0 Å². The van der Waals surface area contributed by atoms with Gasteiger partial charge in [-0.2, -0.15) is 10.5 Å². The van der Waals surface area contributed by atoms with Gasteiger partial charge in [0.25, 0.3) is 0 Å². The van der Waals surface area contributed by atoms with Gasteiger partial charge in [-0.25, -0.2) is 0 Å². The third-order valence-electron chi connectivity index (χ3n) is 8.87. The maximum Gasteiger partial charge on any atom is 0.163 e. The number of hydrogen-bond acceptors (Lipinski definition) is 8. The lowest BCUT2D eigenvalue weighted by atomic mass is 10.0. The molecule has 1 aliphatic heterocycles. The van der Waals surface area contributed by atoms with E-state index in [1.165, 1.54) is 6.42 Å². The Morgan fingerprint density at radius 3 is 1.86 bits per heavy atom. The SMILES string of the molecule is CCCCCCN1c2ccccc2Sc2c(OCCC(C)N(CC)CC)c(C#N)c(C#N)c(OCCC(C)N(CC)CC)c21. The highest BCUT2D eigenvalue weighted by Gasteiger charge is 2.35. The van der Waals surface area contributed by atoms with E-state index in [0.717, 1.165) is 86.0 Å². The molecule has 0 aliphatic carbocycles. The normalized spacial score (nSPS) is 13.7. The van der Waals surface area contributed by atoms with Crippen molar-refractivity contribution in [3.63, 3.8) is 0 Å². The van der Waals surface area contributed by atoms with Gasteiger partial charge in [-0.1, -0.05) is 77.8 Å². The van der Waals surface area contributed by atoms with Crippen LogP contribution < -0.4 is 14.4 Å². The molecule has 0 amide bonds. The van der Waals surface area contributed by atoms with E-state index in [1.807, 2.05) is 0 Å². The number of unbranched alkanes of at least 4 members (excludes halogenated alkanes) is 3. The summed E-state index contributed by atoms with van der Waals surface area (Å²) in [5.74, 6) is 1.01. The molecule has 7 nitrogen and oxygen atoms in total. The molecule has 0 radical (unpaired) electrons. The molecule has 2 aromatic rings. The second kappa shape index (κ2) is 18.2. The highest BCUT2D eigenvalue weighted by Crippen LogP contribution is 2.57. The Hall–Kier alpha value is -2.91. The number of para-hydroxylation sites is 1. The molecule has 8 heteroatoms. The van der Waals surface area contributed by atoms with Crippen LogP contribution in [0.2, 0.25) is 0 Å². The van der Waals surface area contributed by atoms with Crippen LogP contribution in [0.1, 0.15) is 98.1 Å². The zero-order valence-electron chi connectivity index (χ0n) is 28.1. The third kappa shape index (κ3) is 8.42. The van der Waals surface area contributed by atoms with E-state index in [4.69, 9.17) is 9.47 Å². The van der Waals surface area contributed by atoms with E-state index in [0.29, 0.717) is 36.8 Å². The summed E-state index contributed by atoms with van der Waals surface area (Å²) in [7, 11) is 0. The lowest BCUT2D eigenvalue weighted by Crippen LogP contribution is -2.34. The Balaban J connectivity index is 2.11. The van der Waals surface area contributed by atoms with Gasteiger partial charge in [-0.15, -0.1) is 0 Å². The van der Waals surface area contributed by atoms with Crippen molar-refractivity contribution < 1.29 is 9.47 Å². The zero-order valence-corrected chi connectivity index (χ0v) is 28.9. The molecule has 0 spiro atoms. The lowest BCUT2D eigenvalue weighted by molar-refractivity contribution is 0.186. The molecule has 1 aliphatic rings. The molecule has 2 unspecified atom stereocenters. The monoisotopic (exact) mass is 619 g/mol. The summed E-state index contributed by atoms with van der Waals surface area (Å²) < 4.78 is 13.1. The Morgan fingerprint density at radius 1 is 0.773 bits per heavy atom. The number of fused-ring (bicyclic) bond motifs is 2. The number of rotatable bonds is 19. The topological polar surface area (TPSA) is 75.8 Å². The molecule has 240 valence electrons. The Labute approximate surface area is 271 Å². The van der Waals surface area contributed by atoms with Gasteiger partial charge in [-0.3, -0.25) is 0 Å². The highest BCUT2D eigenvalue weighted by atomic mass is 32.2. The summed E-state index contributed by atoms with van der Waals surface area (Å²) in [6.45, 7) is 21.0. The number of nitriles is 2. The number of anilines is 2. The van der Waals surface area contributed by atoms with Crippen molar-refractivity contribution in [3.8, 4) is 23.6 Å². The maximum atomic E-state index is 10.5. The number of ether oxygens (including phenoxy) is 2. The van der Waals surface area contributed by atoms with Gasteiger partial charge in [0.2, 0.25) is 0 Å². The van der Waals surface area contributed by atoms with Gasteiger partial charge < -0.3 is 24.2 Å². The molecule has 3 rings (SSSR count). The molecule has 0 N–H and O–H groups in total. The number of benzene rings is 2. The first-order valence-electron chi connectivity index (χ1n) is 16.7. The molecule has 2 aromatic carbocycles. The minimum Gasteiger partial charge on any atom is -0.491 e. The summed E-state index contributed by atoms with van der Waals surface area (Å²) in [5.41, 5.74) is 2.51. The van der Waals surface area contributed by atoms with E-state index in [9.17, 15) is 10.5 Å². The largest absolute Gasteiger partial charge is 0.491 e. The van der Waals surface area contributed by atoms with Crippen molar-refractivity contribution in [2.75, 3.05) is 50.8 Å². The average Bonchev–Trinajstić information content (AvgIpc) is 3.04. The Morgan fingerprint density at radius 2 is 1.32 bits per heavy atom. The smallest absolute Gasteiger partial charge is 0.163 e. The predicted octanol–water partition coefficient (Wildman–Crippen LogP) is 8.61. The second-order valence-corrected chi connectivity index (χ2v) is 12.6. The minimum absolute atomic E-state index is 0.270. The quantitative estimate of drug-likeness (QED) is 0.145. The van der Waals surface area contributed by atoms with Crippen molar-refractivity contribution in [3.05, 3.63) is 35.4 Å².